The highest BCUT2D eigenvalue weighted by molar-refractivity contribution is 9.10. The lowest BCUT2D eigenvalue weighted by Gasteiger charge is -2.11. The van der Waals surface area contributed by atoms with Crippen molar-refractivity contribution in [2.45, 2.75) is 6.92 Å². The van der Waals surface area contributed by atoms with Gasteiger partial charge in [-0.15, -0.1) is 0 Å². The predicted molar refractivity (Wildman–Crippen MR) is 84.2 cm³/mol. The molecule has 0 heterocycles. The first-order chi connectivity index (χ1) is 9.51. The largest absolute Gasteiger partial charge is 0.497 e. The Morgan fingerprint density at radius 2 is 2.00 bits per heavy atom. The quantitative estimate of drug-likeness (QED) is 0.843. The minimum atomic E-state index is -0.261. The number of nitrogen functional groups attached to an aromatic ring is 1. The first-order valence-electron chi connectivity index (χ1n) is 6.02. The Kier molecular flexibility index (Phi) is 4.29. The topological polar surface area (TPSA) is 64.3 Å². The van der Waals surface area contributed by atoms with E-state index in [4.69, 9.17) is 10.5 Å². The number of hydrogen-bond acceptors (Lipinski definition) is 3. The lowest BCUT2D eigenvalue weighted by Crippen LogP contribution is -2.15. The Labute approximate surface area is 126 Å². The van der Waals surface area contributed by atoms with Crippen molar-refractivity contribution in [3.8, 4) is 5.75 Å². The number of carbonyl (C=O) groups excluding carboxylic acids is 1. The van der Waals surface area contributed by atoms with Crippen molar-refractivity contribution >= 4 is 33.2 Å². The maximum atomic E-state index is 12.3. The number of nitrogens with one attached hydrogen (secondary N) is 1. The molecule has 0 bridgehead atoms. The van der Waals surface area contributed by atoms with Crippen LogP contribution in [0.5, 0.6) is 5.75 Å². The van der Waals surface area contributed by atoms with Gasteiger partial charge in [-0.2, -0.15) is 0 Å². The number of rotatable bonds is 3. The van der Waals surface area contributed by atoms with Crippen LogP contribution in [0.1, 0.15) is 15.9 Å². The van der Waals surface area contributed by atoms with Crippen LogP contribution < -0.4 is 15.8 Å². The third-order valence-electron chi connectivity index (χ3n) is 2.95. The van der Waals surface area contributed by atoms with E-state index >= 15 is 0 Å². The molecule has 5 heteroatoms. The van der Waals surface area contributed by atoms with Crippen LogP contribution in [0.15, 0.2) is 40.9 Å². The summed E-state index contributed by atoms with van der Waals surface area (Å²) in [5.74, 6) is 0.331. The van der Waals surface area contributed by atoms with E-state index in [-0.39, 0.29) is 5.91 Å². The van der Waals surface area contributed by atoms with E-state index < -0.39 is 0 Å². The Morgan fingerprint density at radius 1 is 1.25 bits per heavy atom. The molecule has 0 saturated carbocycles. The summed E-state index contributed by atoms with van der Waals surface area (Å²) in [6, 6.07) is 10.7. The van der Waals surface area contributed by atoms with Crippen LogP contribution in [0.4, 0.5) is 11.4 Å². The summed E-state index contributed by atoms with van der Waals surface area (Å²) in [6.45, 7) is 1.93. The maximum absolute atomic E-state index is 12.3. The average Bonchev–Trinajstić information content (AvgIpc) is 2.43. The van der Waals surface area contributed by atoms with E-state index in [1.165, 1.54) is 0 Å². The van der Waals surface area contributed by atoms with Gasteiger partial charge in [0, 0.05) is 15.8 Å². The monoisotopic (exact) mass is 334 g/mol. The molecule has 20 heavy (non-hydrogen) atoms. The second-order valence-electron chi connectivity index (χ2n) is 4.37. The van der Waals surface area contributed by atoms with Gasteiger partial charge in [0.05, 0.1) is 12.7 Å². The number of benzene rings is 2. The molecule has 0 radical (unpaired) electrons. The molecule has 0 atom stereocenters. The molecule has 2 aromatic rings. The first-order valence-corrected chi connectivity index (χ1v) is 6.81. The van der Waals surface area contributed by atoms with Gasteiger partial charge >= 0.3 is 0 Å². The summed E-state index contributed by atoms with van der Waals surface area (Å²) < 4.78 is 6.01. The molecule has 0 aliphatic carbocycles. The number of anilines is 2. The van der Waals surface area contributed by atoms with Crippen molar-refractivity contribution in [2.75, 3.05) is 18.2 Å². The molecule has 0 spiro atoms. The van der Waals surface area contributed by atoms with Crippen LogP contribution in [0.25, 0.3) is 0 Å². The Morgan fingerprint density at radius 3 is 2.70 bits per heavy atom. The normalized spacial score (nSPS) is 10.2. The summed E-state index contributed by atoms with van der Waals surface area (Å²) in [5.41, 5.74) is 8.36. The van der Waals surface area contributed by atoms with Crippen molar-refractivity contribution in [2.24, 2.45) is 0 Å². The van der Waals surface area contributed by atoms with E-state index in [9.17, 15) is 4.79 Å². The van der Waals surface area contributed by atoms with Crippen molar-refractivity contribution in [3.63, 3.8) is 0 Å². The van der Waals surface area contributed by atoms with Gasteiger partial charge in [-0.1, -0.05) is 22.0 Å². The predicted octanol–water partition coefficient (Wildman–Crippen LogP) is 3.60. The highest BCUT2D eigenvalue weighted by atomic mass is 79.9. The fourth-order valence-corrected chi connectivity index (χ4v) is 2.14. The van der Waals surface area contributed by atoms with Gasteiger partial charge in [-0.3, -0.25) is 4.79 Å². The zero-order valence-corrected chi connectivity index (χ0v) is 12.8. The molecule has 1 amide bonds. The number of ether oxygens (including phenoxy) is 1. The highest BCUT2D eigenvalue weighted by Crippen LogP contribution is 2.24. The number of amides is 1. The smallest absolute Gasteiger partial charge is 0.257 e. The standard InChI is InChI=1S/C15H15BrN2O2/c1-9-3-4-10(16)7-14(9)18-15(19)12-8-11(20-2)5-6-13(12)17/h3-8H,17H2,1-2H3,(H,18,19). The molecule has 0 aromatic heterocycles. The summed E-state index contributed by atoms with van der Waals surface area (Å²) in [5, 5.41) is 2.85. The zero-order valence-electron chi connectivity index (χ0n) is 11.2. The molecule has 0 saturated heterocycles. The molecular formula is C15H15BrN2O2. The minimum Gasteiger partial charge on any atom is -0.497 e. The zero-order chi connectivity index (χ0) is 14.7. The summed E-state index contributed by atoms with van der Waals surface area (Å²) in [7, 11) is 1.55. The molecule has 104 valence electrons. The number of aryl methyl sites for hydroxylation is 1. The fraction of sp³-hybridized carbons (Fsp3) is 0.133. The van der Waals surface area contributed by atoms with Crippen LogP contribution in [-0.2, 0) is 0 Å². The molecule has 4 nitrogen and oxygen atoms in total. The molecule has 3 N–H and O–H groups in total. The van der Waals surface area contributed by atoms with Crippen LogP contribution in [0.3, 0.4) is 0 Å². The van der Waals surface area contributed by atoms with Gasteiger partial charge in [0.2, 0.25) is 0 Å². The number of halogens is 1. The van der Waals surface area contributed by atoms with E-state index in [2.05, 4.69) is 21.2 Å². The van der Waals surface area contributed by atoms with Crippen molar-refractivity contribution < 1.29 is 9.53 Å². The van der Waals surface area contributed by atoms with E-state index in [0.29, 0.717) is 17.0 Å². The fourth-order valence-electron chi connectivity index (χ4n) is 1.78. The van der Waals surface area contributed by atoms with Crippen molar-refractivity contribution in [1.29, 1.82) is 0 Å². The number of hydrogen-bond donors (Lipinski definition) is 2. The van der Waals surface area contributed by atoms with E-state index in [0.717, 1.165) is 15.7 Å². The highest BCUT2D eigenvalue weighted by Gasteiger charge is 2.12. The Hall–Kier alpha value is -2.01. The van der Waals surface area contributed by atoms with E-state index in [1.54, 1.807) is 25.3 Å². The second kappa shape index (κ2) is 5.96. The van der Waals surface area contributed by atoms with Gasteiger partial charge in [-0.25, -0.2) is 0 Å². The number of methoxy groups -OCH3 is 1. The SMILES string of the molecule is COc1ccc(N)c(C(=O)Nc2cc(Br)ccc2C)c1. The molecule has 2 aromatic carbocycles. The van der Waals surface area contributed by atoms with Crippen LogP contribution in [0, 0.1) is 6.92 Å². The lowest BCUT2D eigenvalue weighted by molar-refractivity contribution is 0.102. The van der Waals surface area contributed by atoms with Gasteiger partial charge in [0.15, 0.2) is 0 Å². The third kappa shape index (κ3) is 3.11. The average molecular weight is 335 g/mol. The van der Waals surface area contributed by atoms with Crippen LogP contribution in [-0.4, -0.2) is 13.0 Å². The summed E-state index contributed by atoms with van der Waals surface area (Å²) >= 11 is 3.38. The number of nitrogens with two attached hydrogens (primary N) is 1. The molecule has 0 unspecified atom stereocenters. The van der Waals surface area contributed by atoms with Crippen LogP contribution >= 0.6 is 15.9 Å². The number of carbonyl (C=O) groups is 1. The van der Waals surface area contributed by atoms with E-state index in [1.807, 2.05) is 25.1 Å². The van der Waals surface area contributed by atoms with Gasteiger partial charge < -0.3 is 15.8 Å². The van der Waals surface area contributed by atoms with Crippen molar-refractivity contribution in [1.82, 2.24) is 0 Å². The molecule has 0 aliphatic rings. The Bertz CT molecular complexity index is 656. The summed E-state index contributed by atoms with van der Waals surface area (Å²) in [4.78, 5) is 12.3. The minimum absolute atomic E-state index is 0.261. The molecular weight excluding hydrogens is 320 g/mol. The molecule has 0 aliphatic heterocycles. The third-order valence-corrected chi connectivity index (χ3v) is 3.45. The van der Waals surface area contributed by atoms with Gasteiger partial charge in [0.25, 0.3) is 5.91 Å². The molecule has 2 rings (SSSR count). The van der Waals surface area contributed by atoms with Gasteiger partial charge in [0.1, 0.15) is 5.75 Å². The second-order valence-corrected chi connectivity index (χ2v) is 5.28. The maximum Gasteiger partial charge on any atom is 0.257 e. The van der Waals surface area contributed by atoms with Gasteiger partial charge in [-0.05, 0) is 42.8 Å². The van der Waals surface area contributed by atoms with Crippen molar-refractivity contribution in [3.05, 3.63) is 52.0 Å². The van der Waals surface area contributed by atoms with Crippen LogP contribution in [0.2, 0.25) is 0 Å². The summed E-state index contributed by atoms with van der Waals surface area (Å²) in [6.07, 6.45) is 0. The lowest BCUT2D eigenvalue weighted by atomic mass is 10.1. The Balaban J connectivity index is 2.30. The molecule has 0 fully saturated rings. The first kappa shape index (κ1) is 14.4.